The third-order valence-corrected chi connectivity index (χ3v) is 4.15. The normalized spacial score (nSPS) is 27.5. The van der Waals surface area contributed by atoms with Gasteiger partial charge in [-0.3, -0.25) is 0 Å². The minimum Gasteiger partial charge on any atom is -0.496 e. The molecule has 0 radical (unpaired) electrons. The van der Waals surface area contributed by atoms with Gasteiger partial charge in [-0.05, 0) is 17.5 Å². The van der Waals surface area contributed by atoms with Crippen LogP contribution in [0.3, 0.4) is 0 Å². The van der Waals surface area contributed by atoms with Crippen LogP contribution in [0.25, 0.3) is 0 Å². The van der Waals surface area contributed by atoms with E-state index in [1.54, 1.807) is 7.11 Å². The molecule has 0 heterocycles. The van der Waals surface area contributed by atoms with Crippen molar-refractivity contribution in [2.45, 2.75) is 25.8 Å². The van der Waals surface area contributed by atoms with Gasteiger partial charge in [0.25, 0.3) is 0 Å². The number of rotatable bonds is 2. The molecule has 2 N–H and O–H groups in total. The smallest absolute Gasteiger partial charge is 0.123 e. The quantitative estimate of drug-likeness (QED) is 0.896. The molecule has 0 aromatic heterocycles. The van der Waals surface area contributed by atoms with E-state index >= 15 is 0 Å². The van der Waals surface area contributed by atoms with Crippen molar-refractivity contribution in [1.82, 2.24) is 0 Å². The highest BCUT2D eigenvalue weighted by molar-refractivity contribution is 9.10. The number of nitrogens with two attached hydrogens (primary N) is 1. The Hall–Kier alpha value is -0.540. The summed E-state index contributed by atoms with van der Waals surface area (Å²) in [6.07, 6.45) is 0. The Kier molecular flexibility index (Phi) is 2.55. The molecule has 1 aliphatic rings. The lowest BCUT2D eigenvalue weighted by Gasteiger charge is -2.11. The molecular formula is C12H16BrNO. The van der Waals surface area contributed by atoms with Gasteiger partial charge in [0.15, 0.2) is 0 Å². The van der Waals surface area contributed by atoms with Crippen LogP contribution in [-0.2, 0) is 0 Å². The summed E-state index contributed by atoms with van der Waals surface area (Å²) >= 11 is 3.57. The lowest BCUT2D eigenvalue weighted by Crippen LogP contribution is -2.06. The number of benzene rings is 1. The van der Waals surface area contributed by atoms with Crippen LogP contribution in [0.4, 0.5) is 0 Å². The molecule has 1 saturated carbocycles. The van der Waals surface area contributed by atoms with Crippen molar-refractivity contribution in [3.63, 3.8) is 0 Å². The van der Waals surface area contributed by atoms with Gasteiger partial charge >= 0.3 is 0 Å². The largest absolute Gasteiger partial charge is 0.496 e. The summed E-state index contributed by atoms with van der Waals surface area (Å²) in [5.74, 6) is 1.32. The predicted molar refractivity (Wildman–Crippen MR) is 65.2 cm³/mol. The first-order chi connectivity index (χ1) is 7.00. The summed E-state index contributed by atoms with van der Waals surface area (Å²) < 4.78 is 6.47. The van der Waals surface area contributed by atoms with E-state index < -0.39 is 0 Å². The molecule has 0 spiro atoms. The van der Waals surface area contributed by atoms with E-state index in [9.17, 15) is 0 Å². The lowest BCUT2D eigenvalue weighted by atomic mass is 10.0. The number of ether oxygens (including phenoxy) is 1. The van der Waals surface area contributed by atoms with Gasteiger partial charge in [0, 0.05) is 22.0 Å². The molecule has 3 heteroatoms. The van der Waals surface area contributed by atoms with Crippen molar-refractivity contribution in [2.75, 3.05) is 7.11 Å². The Bertz CT molecular complexity index is 389. The Morgan fingerprint density at radius 1 is 1.40 bits per heavy atom. The first-order valence-electron chi connectivity index (χ1n) is 5.08. The zero-order valence-corrected chi connectivity index (χ0v) is 10.8. The van der Waals surface area contributed by atoms with Gasteiger partial charge in [0.05, 0.1) is 7.11 Å². The molecule has 1 fully saturated rings. The molecule has 0 amide bonds. The van der Waals surface area contributed by atoms with Crippen LogP contribution >= 0.6 is 15.9 Å². The van der Waals surface area contributed by atoms with Crippen LogP contribution < -0.4 is 10.5 Å². The van der Waals surface area contributed by atoms with Gasteiger partial charge in [-0.2, -0.15) is 0 Å². The molecule has 0 bridgehead atoms. The van der Waals surface area contributed by atoms with Crippen LogP contribution in [0.1, 0.15) is 25.3 Å². The molecule has 82 valence electrons. The number of hydrogen-bond acceptors (Lipinski definition) is 2. The molecule has 1 aromatic rings. The Labute approximate surface area is 98.9 Å². The number of hydrogen-bond donors (Lipinski definition) is 1. The maximum Gasteiger partial charge on any atom is 0.123 e. The van der Waals surface area contributed by atoms with Gasteiger partial charge in [0.2, 0.25) is 0 Å². The topological polar surface area (TPSA) is 35.2 Å². The summed E-state index contributed by atoms with van der Waals surface area (Å²) in [6.45, 7) is 4.39. The van der Waals surface area contributed by atoms with Gasteiger partial charge < -0.3 is 10.5 Å². The minimum absolute atomic E-state index is 0.178. The fraction of sp³-hybridized carbons (Fsp3) is 0.500. The molecule has 2 rings (SSSR count). The molecule has 1 aromatic carbocycles. The molecule has 0 unspecified atom stereocenters. The molecule has 0 aliphatic heterocycles. The number of halogens is 1. The van der Waals surface area contributed by atoms with E-state index in [4.69, 9.17) is 10.5 Å². The maximum absolute atomic E-state index is 6.09. The predicted octanol–water partition coefficient (Wildman–Crippen LogP) is 2.91. The highest BCUT2D eigenvalue weighted by atomic mass is 79.9. The fourth-order valence-corrected chi connectivity index (χ4v) is 2.82. The SMILES string of the molecule is COc1cccc(Br)c1[C@@H]1[C@@H](N)C1(C)C. The molecule has 1 aliphatic carbocycles. The third-order valence-electron chi connectivity index (χ3n) is 3.45. The van der Waals surface area contributed by atoms with Crippen molar-refractivity contribution in [2.24, 2.45) is 11.1 Å². The second-order valence-electron chi connectivity index (χ2n) is 4.68. The Balaban J connectivity index is 2.45. The zero-order chi connectivity index (χ0) is 11.2. The Morgan fingerprint density at radius 2 is 2.00 bits per heavy atom. The van der Waals surface area contributed by atoms with Crippen molar-refractivity contribution < 1.29 is 4.74 Å². The van der Waals surface area contributed by atoms with Crippen LogP contribution in [-0.4, -0.2) is 13.2 Å². The van der Waals surface area contributed by atoms with Crippen molar-refractivity contribution in [3.8, 4) is 5.75 Å². The van der Waals surface area contributed by atoms with E-state index in [-0.39, 0.29) is 11.5 Å². The summed E-state index contributed by atoms with van der Waals surface area (Å²) in [7, 11) is 1.70. The van der Waals surface area contributed by atoms with Crippen molar-refractivity contribution in [1.29, 1.82) is 0 Å². The van der Waals surface area contributed by atoms with Crippen molar-refractivity contribution >= 4 is 15.9 Å². The van der Waals surface area contributed by atoms with E-state index in [1.807, 2.05) is 18.2 Å². The minimum atomic E-state index is 0.178. The maximum atomic E-state index is 6.09. The van der Waals surface area contributed by atoms with Crippen LogP contribution in [0.15, 0.2) is 22.7 Å². The monoisotopic (exact) mass is 269 g/mol. The van der Waals surface area contributed by atoms with E-state index in [0.29, 0.717) is 5.92 Å². The summed E-state index contributed by atoms with van der Waals surface area (Å²) in [5.41, 5.74) is 7.48. The second kappa shape index (κ2) is 3.49. The Morgan fingerprint density at radius 3 is 2.47 bits per heavy atom. The first-order valence-corrected chi connectivity index (χ1v) is 5.87. The van der Waals surface area contributed by atoms with Gasteiger partial charge in [-0.25, -0.2) is 0 Å². The summed E-state index contributed by atoms with van der Waals surface area (Å²) in [6, 6.07) is 6.23. The molecular weight excluding hydrogens is 254 g/mol. The third kappa shape index (κ3) is 1.58. The van der Waals surface area contributed by atoms with Crippen molar-refractivity contribution in [3.05, 3.63) is 28.2 Å². The molecule has 15 heavy (non-hydrogen) atoms. The lowest BCUT2D eigenvalue weighted by molar-refractivity contribution is 0.407. The standard InChI is InChI=1S/C12H16BrNO/c1-12(2)10(11(12)14)9-7(13)5-4-6-8(9)15-3/h4-6,10-11H,14H2,1-3H3/t10-,11-/m1/s1. The molecule has 0 saturated heterocycles. The molecule has 2 atom stereocenters. The average molecular weight is 270 g/mol. The van der Waals surface area contributed by atoms with Gasteiger partial charge in [-0.15, -0.1) is 0 Å². The van der Waals surface area contributed by atoms with Crippen LogP contribution in [0.2, 0.25) is 0 Å². The highest BCUT2D eigenvalue weighted by Gasteiger charge is 2.57. The van der Waals surface area contributed by atoms with Gasteiger partial charge in [-0.1, -0.05) is 35.8 Å². The van der Waals surface area contributed by atoms with E-state index in [2.05, 4.69) is 29.8 Å². The number of methoxy groups -OCH3 is 1. The average Bonchev–Trinajstić information content (AvgIpc) is 2.66. The molecule has 2 nitrogen and oxygen atoms in total. The fourth-order valence-electron chi connectivity index (χ4n) is 2.23. The first kappa shape index (κ1) is 11.0. The van der Waals surface area contributed by atoms with E-state index in [1.165, 1.54) is 5.56 Å². The van der Waals surface area contributed by atoms with Gasteiger partial charge in [0.1, 0.15) is 5.75 Å². The zero-order valence-electron chi connectivity index (χ0n) is 9.25. The van der Waals surface area contributed by atoms with Crippen LogP contribution in [0.5, 0.6) is 5.75 Å². The summed E-state index contributed by atoms with van der Waals surface area (Å²) in [5, 5.41) is 0. The highest BCUT2D eigenvalue weighted by Crippen LogP contribution is 2.60. The van der Waals surface area contributed by atoms with E-state index in [0.717, 1.165) is 10.2 Å². The second-order valence-corrected chi connectivity index (χ2v) is 5.53. The summed E-state index contributed by atoms with van der Waals surface area (Å²) in [4.78, 5) is 0. The van der Waals surface area contributed by atoms with Crippen LogP contribution in [0, 0.1) is 5.41 Å².